The molecule has 24 heavy (non-hydrogen) atoms. The van der Waals surface area contributed by atoms with Gasteiger partial charge in [-0.15, -0.1) is 0 Å². The zero-order valence-corrected chi connectivity index (χ0v) is 16.2. The maximum atomic E-state index is 6.12. The molecule has 0 radical (unpaired) electrons. The second-order valence-corrected chi connectivity index (χ2v) is 8.00. The van der Waals surface area contributed by atoms with Gasteiger partial charge in [-0.25, -0.2) is 0 Å². The Bertz CT molecular complexity index is 523. The van der Waals surface area contributed by atoms with Crippen molar-refractivity contribution in [3.63, 3.8) is 0 Å². The number of likely N-dealkylation sites (N-methyl/N-ethyl adjacent to an activating group) is 1. The van der Waals surface area contributed by atoms with Crippen LogP contribution in [0.4, 0.5) is 5.69 Å². The lowest BCUT2D eigenvalue weighted by atomic mass is 10.00. The number of halogens is 2. The van der Waals surface area contributed by atoms with E-state index in [1.165, 1.54) is 58.3 Å². The van der Waals surface area contributed by atoms with Crippen molar-refractivity contribution in [3.8, 4) is 0 Å². The van der Waals surface area contributed by atoms with Gasteiger partial charge in [0, 0.05) is 31.9 Å². The number of piperidine rings is 2. The largest absolute Gasteiger partial charge is 0.373 e. The van der Waals surface area contributed by atoms with Gasteiger partial charge in [0.1, 0.15) is 0 Å². The van der Waals surface area contributed by atoms with Crippen LogP contribution in [0.1, 0.15) is 32.1 Å². The van der Waals surface area contributed by atoms with Gasteiger partial charge in [-0.05, 0) is 70.1 Å². The van der Waals surface area contributed by atoms with Gasteiger partial charge >= 0.3 is 0 Å². The van der Waals surface area contributed by atoms with Crippen LogP contribution in [0, 0.1) is 0 Å². The number of rotatable bonds is 5. The Labute approximate surface area is 156 Å². The van der Waals surface area contributed by atoms with E-state index in [1.807, 2.05) is 18.2 Å². The predicted octanol–water partition coefficient (Wildman–Crippen LogP) is 4.38. The summed E-state index contributed by atoms with van der Waals surface area (Å²) >= 11 is 12.1. The first-order chi connectivity index (χ1) is 11.6. The predicted molar refractivity (Wildman–Crippen MR) is 105 cm³/mol. The molecule has 134 valence electrons. The van der Waals surface area contributed by atoms with Crippen molar-refractivity contribution in [3.05, 3.63) is 28.2 Å². The minimum absolute atomic E-state index is 0.619. The van der Waals surface area contributed by atoms with Crippen LogP contribution in [-0.4, -0.2) is 62.2 Å². The summed E-state index contributed by atoms with van der Waals surface area (Å²) in [6, 6.07) is 6.69. The molecule has 0 spiro atoms. The summed E-state index contributed by atoms with van der Waals surface area (Å²) in [6.45, 7) is 7.25. The molecule has 0 amide bonds. The summed E-state index contributed by atoms with van der Waals surface area (Å²) in [5.74, 6) is 0. The molecule has 1 aromatic carbocycles. The SMILES string of the molecule is CN(CCN1CCC(N2CCCCC2)CC1)c1ccc(Cl)c(Cl)c1. The average molecular weight is 370 g/mol. The zero-order chi connectivity index (χ0) is 16.9. The fraction of sp³-hybridized carbons (Fsp3) is 0.684. The van der Waals surface area contributed by atoms with E-state index in [-0.39, 0.29) is 0 Å². The van der Waals surface area contributed by atoms with E-state index in [0.717, 1.165) is 24.8 Å². The highest BCUT2D eigenvalue weighted by molar-refractivity contribution is 6.42. The smallest absolute Gasteiger partial charge is 0.0612 e. The van der Waals surface area contributed by atoms with Crippen molar-refractivity contribution in [2.75, 3.05) is 51.2 Å². The third kappa shape index (κ3) is 4.78. The summed E-state index contributed by atoms with van der Waals surface area (Å²) in [7, 11) is 2.13. The molecule has 0 N–H and O–H groups in total. The molecule has 5 heteroatoms. The van der Waals surface area contributed by atoms with Gasteiger partial charge in [0.25, 0.3) is 0 Å². The zero-order valence-electron chi connectivity index (χ0n) is 14.7. The molecule has 3 nitrogen and oxygen atoms in total. The van der Waals surface area contributed by atoms with Crippen LogP contribution in [-0.2, 0) is 0 Å². The van der Waals surface area contributed by atoms with E-state index in [9.17, 15) is 0 Å². The Morgan fingerprint density at radius 2 is 1.71 bits per heavy atom. The van der Waals surface area contributed by atoms with Crippen molar-refractivity contribution >= 4 is 28.9 Å². The van der Waals surface area contributed by atoms with Crippen LogP contribution in [0.5, 0.6) is 0 Å². The van der Waals surface area contributed by atoms with Crippen molar-refractivity contribution in [1.29, 1.82) is 0 Å². The summed E-state index contributed by atoms with van der Waals surface area (Å²) in [6.07, 6.45) is 6.88. The molecule has 1 aromatic rings. The van der Waals surface area contributed by atoms with Gasteiger partial charge in [0.2, 0.25) is 0 Å². The Hall–Kier alpha value is -0.480. The lowest BCUT2D eigenvalue weighted by molar-refractivity contribution is 0.0938. The number of likely N-dealkylation sites (tertiary alicyclic amines) is 2. The monoisotopic (exact) mass is 369 g/mol. The fourth-order valence-electron chi connectivity index (χ4n) is 3.93. The molecule has 2 fully saturated rings. The first-order valence-corrected chi connectivity index (χ1v) is 10.0. The Morgan fingerprint density at radius 3 is 2.38 bits per heavy atom. The Kier molecular flexibility index (Phi) is 6.68. The average Bonchev–Trinajstić information content (AvgIpc) is 2.63. The van der Waals surface area contributed by atoms with Crippen LogP contribution >= 0.6 is 23.2 Å². The van der Waals surface area contributed by atoms with Gasteiger partial charge < -0.3 is 14.7 Å². The normalized spacial score (nSPS) is 21.1. The maximum Gasteiger partial charge on any atom is 0.0612 e. The van der Waals surface area contributed by atoms with Crippen LogP contribution < -0.4 is 4.90 Å². The molecule has 0 aliphatic carbocycles. The van der Waals surface area contributed by atoms with E-state index < -0.39 is 0 Å². The Balaban J connectivity index is 1.42. The van der Waals surface area contributed by atoms with E-state index in [2.05, 4.69) is 21.7 Å². The third-order valence-electron chi connectivity index (χ3n) is 5.56. The second-order valence-electron chi connectivity index (χ2n) is 7.19. The minimum Gasteiger partial charge on any atom is -0.373 e. The summed E-state index contributed by atoms with van der Waals surface area (Å²) in [4.78, 5) is 7.61. The standard InChI is InChI=1S/C19H29Cl2N3/c1-22(17-5-6-18(20)19(21)15-17)13-14-23-11-7-16(8-12-23)24-9-3-2-4-10-24/h5-6,15-16H,2-4,7-14H2,1H3. The highest BCUT2D eigenvalue weighted by Crippen LogP contribution is 2.27. The summed E-state index contributed by atoms with van der Waals surface area (Å²) in [5.41, 5.74) is 1.13. The van der Waals surface area contributed by atoms with E-state index >= 15 is 0 Å². The van der Waals surface area contributed by atoms with E-state index in [0.29, 0.717) is 10.0 Å². The van der Waals surface area contributed by atoms with Crippen LogP contribution in [0.3, 0.4) is 0 Å². The topological polar surface area (TPSA) is 9.72 Å². The molecule has 3 rings (SSSR count). The molecule has 0 bridgehead atoms. The third-order valence-corrected chi connectivity index (χ3v) is 6.30. The van der Waals surface area contributed by atoms with Gasteiger partial charge in [0.05, 0.1) is 10.0 Å². The van der Waals surface area contributed by atoms with Crippen LogP contribution in [0.25, 0.3) is 0 Å². The quantitative estimate of drug-likeness (QED) is 0.762. The van der Waals surface area contributed by atoms with Gasteiger partial charge in [-0.3, -0.25) is 0 Å². The summed E-state index contributed by atoms with van der Waals surface area (Å²) in [5, 5.41) is 1.25. The molecule has 0 atom stereocenters. The molecule has 2 heterocycles. The van der Waals surface area contributed by atoms with E-state index in [4.69, 9.17) is 23.2 Å². The van der Waals surface area contributed by atoms with Crippen LogP contribution in [0.2, 0.25) is 10.0 Å². The van der Waals surface area contributed by atoms with Gasteiger partial charge in [0.15, 0.2) is 0 Å². The van der Waals surface area contributed by atoms with Crippen molar-refractivity contribution in [2.24, 2.45) is 0 Å². The minimum atomic E-state index is 0.619. The second kappa shape index (κ2) is 8.75. The Morgan fingerprint density at radius 1 is 1.00 bits per heavy atom. The van der Waals surface area contributed by atoms with Crippen molar-refractivity contribution in [1.82, 2.24) is 9.80 Å². The molecule has 2 saturated heterocycles. The number of hydrogen-bond donors (Lipinski definition) is 0. The summed E-state index contributed by atoms with van der Waals surface area (Å²) < 4.78 is 0. The number of hydrogen-bond acceptors (Lipinski definition) is 3. The van der Waals surface area contributed by atoms with Gasteiger partial charge in [-0.1, -0.05) is 29.6 Å². The van der Waals surface area contributed by atoms with Crippen LogP contribution in [0.15, 0.2) is 18.2 Å². The first kappa shape index (κ1) is 18.3. The number of anilines is 1. The molecular formula is C19H29Cl2N3. The lowest BCUT2D eigenvalue weighted by Crippen LogP contribution is -2.47. The fourth-order valence-corrected chi connectivity index (χ4v) is 4.23. The molecule has 0 aromatic heterocycles. The molecule has 2 aliphatic heterocycles. The number of nitrogens with zero attached hydrogens (tertiary/aromatic N) is 3. The van der Waals surface area contributed by atoms with E-state index in [1.54, 1.807) is 0 Å². The molecule has 2 aliphatic rings. The maximum absolute atomic E-state index is 6.12. The first-order valence-electron chi connectivity index (χ1n) is 9.26. The lowest BCUT2D eigenvalue weighted by Gasteiger charge is -2.40. The number of benzene rings is 1. The molecule has 0 saturated carbocycles. The highest BCUT2D eigenvalue weighted by atomic mass is 35.5. The molecule has 0 unspecified atom stereocenters. The highest BCUT2D eigenvalue weighted by Gasteiger charge is 2.25. The van der Waals surface area contributed by atoms with Crippen molar-refractivity contribution in [2.45, 2.75) is 38.1 Å². The molecular weight excluding hydrogens is 341 g/mol. The van der Waals surface area contributed by atoms with Crippen molar-refractivity contribution < 1.29 is 0 Å². The van der Waals surface area contributed by atoms with Gasteiger partial charge in [-0.2, -0.15) is 0 Å².